The molecule has 90 valence electrons. The van der Waals surface area contributed by atoms with Crippen LogP contribution in [0.3, 0.4) is 0 Å². The molecule has 1 aromatic rings. The molecule has 1 aliphatic heterocycles. The summed E-state index contributed by atoms with van der Waals surface area (Å²) in [5.74, 6) is 0. The molecule has 0 atom stereocenters. The van der Waals surface area contributed by atoms with E-state index in [0.717, 1.165) is 16.8 Å². The zero-order valence-corrected chi connectivity index (χ0v) is 10.4. The Bertz CT molecular complexity index is 475. The molecule has 1 amide bonds. The van der Waals surface area contributed by atoms with Gasteiger partial charge in [-0.1, -0.05) is 6.58 Å². The van der Waals surface area contributed by atoms with Crippen LogP contribution in [0, 0.1) is 0 Å². The fraction of sp³-hybridized carbons (Fsp3) is 0.385. The lowest BCUT2D eigenvalue weighted by molar-refractivity contribution is 0.0586. The van der Waals surface area contributed by atoms with Gasteiger partial charge in [0.25, 0.3) is 0 Å². The van der Waals surface area contributed by atoms with E-state index >= 15 is 0 Å². The largest absolute Gasteiger partial charge is 0.443 e. The predicted molar refractivity (Wildman–Crippen MR) is 66.9 cm³/mol. The standard InChI is InChI=1S/C13H16N2O2/c1-9-8-15(12(16)17-13(2,3)4)11-5-6-14-7-10(9)11/h5-7H,1,8H2,2-4H3. The average molecular weight is 232 g/mol. The van der Waals surface area contributed by atoms with Gasteiger partial charge >= 0.3 is 6.09 Å². The Morgan fingerprint density at radius 3 is 2.88 bits per heavy atom. The Morgan fingerprint density at radius 2 is 2.24 bits per heavy atom. The third-order valence-corrected chi connectivity index (χ3v) is 2.43. The van der Waals surface area contributed by atoms with Gasteiger partial charge in [-0.05, 0) is 32.4 Å². The lowest BCUT2D eigenvalue weighted by Gasteiger charge is -2.24. The minimum Gasteiger partial charge on any atom is -0.443 e. The van der Waals surface area contributed by atoms with Gasteiger partial charge in [0, 0.05) is 18.0 Å². The molecule has 0 N–H and O–H groups in total. The number of anilines is 1. The maximum absolute atomic E-state index is 12.0. The number of pyridine rings is 1. The summed E-state index contributed by atoms with van der Waals surface area (Å²) in [6.07, 6.45) is 3.04. The smallest absolute Gasteiger partial charge is 0.415 e. The van der Waals surface area contributed by atoms with E-state index in [2.05, 4.69) is 11.6 Å². The van der Waals surface area contributed by atoms with Gasteiger partial charge in [-0.3, -0.25) is 9.88 Å². The number of hydrogen-bond donors (Lipinski definition) is 0. The fourth-order valence-electron chi connectivity index (χ4n) is 1.74. The quantitative estimate of drug-likeness (QED) is 0.690. The van der Waals surface area contributed by atoms with Crippen LogP contribution in [0.15, 0.2) is 25.0 Å². The van der Waals surface area contributed by atoms with Crippen molar-refractivity contribution in [1.29, 1.82) is 0 Å². The molecule has 0 bridgehead atoms. The van der Waals surface area contributed by atoms with Gasteiger partial charge in [0.2, 0.25) is 0 Å². The van der Waals surface area contributed by atoms with Crippen LogP contribution in [0.5, 0.6) is 0 Å². The Hall–Kier alpha value is -1.84. The number of carbonyl (C=O) groups is 1. The molecule has 0 radical (unpaired) electrons. The zero-order chi connectivity index (χ0) is 12.6. The van der Waals surface area contributed by atoms with Crippen molar-refractivity contribution in [1.82, 2.24) is 4.98 Å². The monoisotopic (exact) mass is 232 g/mol. The lowest BCUT2D eigenvalue weighted by atomic mass is 10.2. The van der Waals surface area contributed by atoms with E-state index in [1.165, 1.54) is 0 Å². The molecule has 0 spiro atoms. The van der Waals surface area contributed by atoms with E-state index in [1.807, 2.05) is 20.8 Å². The van der Waals surface area contributed by atoms with Crippen molar-refractivity contribution in [2.45, 2.75) is 26.4 Å². The van der Waals surface area contributed by atoms with E-state index < -0.39 is 5.60 Å². The Kier molecular flexibility index (Phi) is 2.65. The number of hydrogen-bond acceptors (Lipinski definition) is 3. The highest BCUT2D eigenvalue weighted by Gasteiger charge is 2.30. The molecule has 0 saturated carbocycles. The molecular weight excluding hydrogens is 216 g/mol. The van der Waals surface area contributed by atoms with Gasteiger partial charge in [-0.15, -0.1) is 0 Å². The van der Waals surface area contributed by atoms with Crippen LogP contribution < -0.4 is 4.90 Å². The number of amides is 1. The molecular formula is C13H16N2O2. The number of nitrogens with zero attached hydrogens (tertiary/aromatic N) is 2. The summed E-state index contributed by atoms with van der Waals surface area (Å²) >= 11 is 0. The van der Waals surface area contributed by atoms with Crippen LogP contribution in [0.25, 0.3) is 5.57 Å². The van der Waals surface area contributed by atoms with Crippen LogP contribution in [0.2, 0.25) is 0 Å². The highest BCUT2D eigenvalue weighted by molar-refractivity contribution is 5.99. The van der Waals surface area contributed by atoms with E-state index in [-0.39, 0.29) is 6.09 Å². The summed E-state index contributed by atoms with van der Waals surface area (Å²) in [6, 6.07) is 1.80. The van der Waals surface area contributed by atoms with Crippen LogP contribution >= 0.6 is 0 Å². The molecule has 0 aliphatic carbocycles. The third kappa shape index (κ3) is 2.30. The molecule has 0 unspecified atom stereocenters. The van der Waals surface area contributed by atoms with Gasteiger partial charge < -0.3 is 4.74 Å². The lowest BCUT2D eigenvalue weighted by Crippen LogP contribution is -2.35. The minimum atomic E-state index is -0.492. The van der Waals surface area contributed by atoms with Crippen molar-refractivity contribution in [2.24, 2.45) is 0 Å². The maximum Gasteiger partial charge on any atom is 0.415 e. The van der Waals surface area contributed by atoms with Crippen LogP contribution in [-0.2, 0) is 4.74 Å². The van der Waals surface area contributed by atoms with Gasteiger partial charge in [0.15, 0.2) is 0 Å². The van der Waals surface area contributed by atoms with Crippen LogP contribution in [-0.4, -0.2) is 23.2 Å². The van der Waals surface area contributed by atoms with Crippen molar-refractivity contribution >= 4 is 17.4 Å². The summed E-state index contributed by atoms with van der Waals surface area (Å²) < 4.78 is 5.35. The Balaban J connectivity index is 2.26. The number of aromatic nitrogens is 1. The molecule has 0 fully saturated rings. The van der Waals surface area contributed by atoms with Crippen molar-refractivity contribution in [2.75, 3.05) is 11.4 Å². The molecule has 4 heteroatoms. The number of rotatable bonds is 0. The third-order valence-electron chi connectivity index (χ3n) is 2.43. The van der Waals surface area contributed by atoms with Gasteiger partial charge in [0.1, 0.15) is 5.60 Å². The average Bonchev–Trinajstić information content (AvgIpc) is 2.55. The van der Waals surface area contributed by atoms with E-state index in [4.69, 9.17) is 4.74 Å². The number of fused-ring (bicyclic) bond motifs is 1. The topological polar surface area (TPSA) is 42.4 Å². The number of carbonyl (C=O) groups excluding carboxylic acids is 1. The van der Waals surface area contributed by atoms with Crippen LogP contribution in [0.1, 0.15) is 26.3 Å². The summed E-state index contributed by atoms with van der Waals surface area (Å²) in [5, 5.41) is 0. The zero-order valence-electron chi connectivity index (χ0n) is 10.4. The maximum atomic E-state index is 12.0. The summed E-state index contributed by atoms with van der Waals surface area (Å²) in [4.78, 5) is 17.6. The highest BCUT2D eigenvalue weighted by atomic mass is 16.6. The minimum absolute atomic E-state index is 0.344. The Morgan fingerprint density at radius 1 is 1.53 bits per heavy atom. The first kappa shape index (κ1) is 11.6. The second kappa shape index (κ2) is 3.87. The summed E-state index contributed by atoms with van der Waals surface area (Å²) in [7, 11) is 0. The van der Waals surface area contributed by atoms with E-state index in [9.17, 15) is 4.79 Å². The fourth-order valence-corrected chi connectivity index (χ4v) is 1.74. The molecule has 0 aromatic carbocycles. The molecule has 2 heterocycles. The number of ether oxygens (including phenoxy) is 1. The summed E-state index contributed by atoms with van der Waals surface area (Å²) in [5.41, 5.74) is 2.13. The van der Waals surface area contributed by atoms with Crippen molar-refractivity contribution in [3.63, 3.8) is 0 Å². The molecule has 4 nitrogen and oxygen atoms in total. The van der Waals surface area contributed by atoms with E-state index in [1.54, 1.807) is 23.4 Å². The first-order valence-corrected chi connectivity index (χ1v) is 5.51. The van der Waals surface area contributed by atoms with Gasteiger partial charge in [-0.25, -0.2) is 4.79 Å². The second-order valence-electron chi connectivity index (χ2n) is 5.06. The molecule has 1 aliphatic rings. The van der Waals surface area contributed by atoms with Gasteiger partial charge in [-0.2, -0.15) is 0 Å². The summed E-state index contributed by atoms with van der Waals surface area (Å²) in [6.45, 7) is 9.95. The first-order chi connectivity index (χ1) is 7.88. The van der Waals surface area contributed by atoms with Crippen molar-refractivity contribution in [3.05, 3.63) is 30.6 Å². The van der Waals surface area contributed by atoms with Crippen molar-refractivity contribution in [3.8, 4) is 0 Å². The molecule has 1 aromatic heterocycles. The second-order valence-corrected chi connectivity index (χ2v) is 5.06. The SMILES string of the molecule is C=C1CN(C(=O)OC(C)(C)C)c2ccncc21. The highest BCUT2D eigenvalue weighted by Crippen LogP contribution is 2.34. The Labute approximate surface area is 101 Å². The van der Waals surface area contributed by atoms with Crippen molar-refractivity contribution < 1.29 is 9.53 Å². The predicted octanol–water partition coefficient (Wildman–Crippen LogP) is 2.85. The van der Waals surface area contributed by atoms with Gasteiger partial charge in [0.05, 0.1) is 12.2 Å². The molecule has 2 rings (SSSR count). The van der Waals surface area contributed by atoms with E-state index in [0.29, 0.717) is 6.54 Å². The molecule has 0 saturated heterocycles. The normalized spacial score (nSPS) is 14.8. The first-order valence-electron chi connectivity index (χ1n) is 5.51. The van der Waals surface area contributed by atoms with Crippen LogP contribution in [0.4, 0.5) is 10.5 Å². The molecule has 17 heavy (non-hydrogen) atoms.